The Bertz CT molecular complexity index is 814. The molecule has 0 bridgehead atoms. The van der Waals surface area contributed by atoms with Crippen molar-refractivity contribution in [2.24, 2.45) is 0 Å². The topological polar surface area (TPSA) is 6.48 Å². The summed E-state index contributed by atoms with van der Waals surface area (Å²) in [7, 11) is 4.39. The molecule has 0 saturated carbocycles. The molecule has 1 aliphatic heterocycles. The Morgan fingerprint density at radius 3 is 1.91 bits per heavy atom. The Hall–Kier alpha value is -2.42. The van der Waals surface area contributed by atoms with Gasteiger partial charge in [0.05, 0.1) is 0 Å². The summed E-state index contributed by atoms with van der Waals surface area (Å²) in [5.74, 6) is 0. The molecule has 0 spiro atoms. The number of anilines is 2. The predicted molar refractivity (Wildman–Crippen MR) is 97.3 cm³/mol. The second-order valence-corrected chi connectivity index (χ2v) is 6.10. The highest BCUT2D eigenvalue weighted by Crippen LogP contribution is 2.39. The van der Waals surface area contributed by atoms with Crippen LogP contribution in [0.4, 0.5) is 11.4 Å². The molecule has 0 atom stereocenters. The van der Waals surface area contributed by atoms with Crippen molar-refractivity contribution in [1.29, 1.82) is 0 Å². The highest BCUT2D eigenvalue weighted by Gasteiger charge is 2.35. The second kappa shape index (κ2) is 4.80. The lowest BCUT2D eigenvalue weighted by molar-refractivity contribution is 1.19. The zero-order valence-electron chi connectivity index (χ0n) is 13.2. The quantitative estimate of drug-likeness (QED) is 0.632. The molecular weight excluding hydrogens is 267 g/mol. The summed E-state index contributed by atoms with van der Waals surface area (Å²) in [6.07, 6.45) is 0. The van der Waals surface area contributed by atoms with Crippen molar-refractivity contribution in [1.82, 2.24) is 0 Å². The van der Waals surface area contributed by atoms with E-state index in [4.69, 9.17) is 0 Å². The lowest BCUT2D eigenvalue weighted by Crippen LogP contribution is -2.60. The van der Waals surface area contributed by atoms with Crippen LogP contribution in [0.25, 0.3) is 10.8 Å². The van der Waals surface area contributed by atoms with Crippen molar-refractivity contribution in [2.45, 2.75) is 6.92 Å². The highest BCUT2D eigenvalue weighted by atomic mass is 15.2. The number of hydrogen-bond acceptors (Lipinski definition) is 2. The summed E-state index contributed by atoms with van der Waals surface area (Å²) >= 11 is 0. The zero-order valence-corrected chi connectivity index (χ0v) is 13.2. The molecule has 2 nitrogen and oxygen atoms in total. The Labute approximate surface area is 132 Å². The molecule has 3 aromatic rings. The van der Waals surface area contributed by atoms with Crippen molar-refractivity contribution in [3.05, 3.63) is 66.2 Å². The van der Waals surface area contributed by atoms with Crippen LogP contribution >= 0.6 is 0 Å². The van der Waals surface area contributed by atoms with E-state index in [9.17, 15) is 0 Å². The maximum atomic E-state index is 2.39. The van der Waals surface area contributed by atoms with Gasteiger partial charge in [0.2, 0.25) is 0 Å². The van der Waals surface area contributed by atoms with Crippen molar-refractivity contribution >= 4 is 34.6 Å². The summed E-state index contributed by atoms with van der Waals surface area (Å²) in [5.41, 5.74) is 5.30. The first-order chi connectivity index (χ1) is 10.7. The molecule has 0 unspecified atom stereocenters. The summed E-state index contributed by atoms with van der Waals surface area (Å²) in [5, 5.41) is 2.65. The van der Waals surface area contributed by atoms with Gasteiger partial charge in [-0.05, 0) is 44.0 Å². The SMILES string of the molecule is Cc1ccccc1B1N(C)c2cccc3cccc(c23)N1C. The average molecular weight is 286 g/mol. The number of rotatable bonds is 1. The van der Waals surface area contributed by atoms with E-state index in [-0.39, 0.29) is 6.98 Å². The molecule has 3 aromatic carbocycles. The largest absolute Gasteiger partial charge is 0.411 e. The summed E-state index contributed by atoms with van der Waals surface area (Å²) < 4.78 is 0. The predicted octanol–water partition coefficient (Wildman–Crippen LogP) is 3.43. The maximum Gasteiger partial charge on any atom is 0.411 e. The van der Waals surface area contributed by atoms with Crippen molar-refractivity contribution in [2.75, 3.05) is 23.7 Å². The number of nitrogens with zero attached hydrogens (tertiary/aromatic N) is 2. The van der Waals surface area contributed by atoms with Gasteiger partial charge >= 0.3 is 6.98 Å². The molecule has 3 heteroatoms. The summed E-state index contributed by atoms with van der Waals surface area (Å²) in [6.45, 7) is 2.42. The van der Waals surface area contributed by atoms with E-state index in [2.05, 4.69) is 91.3 Å². The fourth-order valence-corrected chi connectivity index (χ4v) is 3.71. The first kappa shape index (κ1) is 13.3. The first-order valence-electron chi connectivity index (χ1n) is 7.71. The van der Waals surface area contributed by atoms with E-state index < -0.39 is 0 Å². The third-order valence-corrected chi connectivity index (χ3v) is 4.82. The number of benzene rings is 3. The maximum absolute atomic E-state index is 2.39. The zero-order chi connectivity index (χ0) is 15.3. The fraction of sp³-hybridized carbons (Fsp3) is 0.158. The van der Waals surface area contributed by atoms with Gasteiger partial charge in [0.15, 0.2) is 0 Å². The van der Waals surface area contributed by atoms with Crippen LogP contribution in [0, 0.1) is 6.92 Å². The smallest absolute Gasteiger partial charge is 0.394 e. The molecule has 0 fully saturated rings. The van der Waals surface area contributed by atoms with Gasteiger partial charge in [0.1, 0.15) is 0 Å². The average Bonchev–Trinajstić information content (AvgIpc) is 2.54. The van der Waals surface area contributed by atoms with Gasteiger partial charge in [-0.1, -0.05) is 54.1 Å². The van der Waals surface area contributed by atoms with Crippen molar-refractivity contribution in [3.8, 4) is 0 Å². The van der Waals surface area contributed by atoms with Crippen LogP contribution in [0.1, 0.15) is 5.56 Å². The van der Waals surface area contributed by atoms with E-state index in [1.54, 1.807) is 0 Å². The highest BCUT2D eigenvalue weighted by molar-refractivity contribution is 6.81. The van der Waals surface area contributed by atoms with E-state index in [0.29, 0.717) is 0 Å². The Morgan fingerprint density at radius 1 is 0.727 bits per heavy atom. The van der Waals surface area contributed by atoms with Crippen LogP contribution in [-0.2, 0) is 0 Å². The van der Waals surface area contributed by atoms with Gasteiger partial charge < -0.3 is 9.62 Å². The third kappa shape index (κ3) is 1.75. The molecule has 0 saturated heterocycles. The number of aryl methyl sites for hydroxylation is 1. The third-order valence-electron chi connectivity index (χ3n) is 4.82. The van der Waals surface area contributed by atoms with E-state index in [1.807, 2.05) is 0 Å². The Kier molecular flexibility index (Phi) is 2.90. The molecule has 0 aliphatic carbocycles. The Morgan fingerprint density at radius 2 is 1.32 bits per heavy atom. The molecule has 0 aromatic heterocycles. The van der Waals surface area contributed by atoms with Gasteiger partial charge in [-0.3, -0.25) is 0 Å². The molecule has 0 N–H and O–H groups in total. The molecule has 0 amide bonds. The molecule has 0 radical (unpaired) electrons. The van der Waals surface area contributed by atoms with Gasteiger partial charge in [-0.2, -0.15) is 0 Å². The van der Waals surface area contributed by atoms with Crippen LogP contribution < -0.4 is 15.1 Å². The number of hydrogen-bond donors (Lipinski definition) is 0. The lowest BCUT2D eigenvalue weighted by Gasteiger charge is -2.41. The molecule has 1 aliphatic rings. The van der Waals surface area contributed by atoms with Crippen molar-refractivity contribution in [3.63, 3.8) is 0 Å². The Balaban J connectivity index is 1.98. The first-order valence-corrected chi connectivity index (χ1v) is 7.71. The van der Waals surface area contributed by atoms with Crippen LogP contribution in [0.5, 0.6) is 0 Å². The van der Waals surface area contributed by atoms with Crippen molar-refractivity contribution < 1.29 is 0 Å². The standard InChI is InChI=1S/C19H19BN2/c1-14-8-4-5-11-16(14)20-21(2)17-12-6-9-15-10-7-13-18(19(15)17)22(20)3/h4-13H,1-3H3. The van der Waals surface area contributed by atoms with Gasteiger partial charge in [0.25, 0.3) is 0 Å². The van der Waals surface area contributed by atoms with Crippen LogP contribution in [0.3, 0.4) is 0 Å². The fourth-order valence-electron chi connectivity index (χ4n) is 3.71. The van der Waals surface area contributed by atoms with E-state index in [0.717, 1.165) is 0 Å². The van der Waals surface area contributed by atoms with Gasteiger partial charge in [-0.15, -0.1) is 0 Å². The minimum Gasteiger partial charge on any atom is -0.394 e. The van der Waals surface area contributed by atoms with E-state index >= 15 is 0 Å². The molecule has 108 valence electrons. The minimum absolute atomic E-state index is 0.224. The van der Waals surface area contributed by atoms with Gasteiger partial charge in [-0.25, -0.2) is 0 Å². The lowest BCUT2D eigenvalue weighted by atomic mass is 9.60. The summed E-state index contributed by atoms with van der Waals surface area (Å²) in [4.78, 5) is 4.77. The molecule has 1 heterocycles. The summed E-state index contributed by atoms with van der Waals surface area (Å²) in [6, 6.07) is 21.8. The molecule has 22 heavy (non-hydrogen) atoms. The van der Waals surface area contributed by atoms with Crippen LogP contribution in [0.15, 0.2) is 60.7 Å². The van der Waals surface area contributed by atoms with E-state index in [1.165, 1.54) is 33.2 Å². The normalized spacial score (nSPS) is 13.9. The molecular formula is C19H19BN2. The molecule has 4 rings (SSSR count). The van der Waals surface area contributed by atoms with Crippen LogP contribution in [-0.4, -0.2) is 21.1 Å². The monoisotopic (exact) mass is 286 g/mol. The van der Waals surface area contributed by atoms with Crippen LogP contribution in [0.2, 0.25) is 0 Å². The second-order valence-electron chi connectivity index (χ2n) is 6.10. The minimum atomic E-state index is 0.224. The van der Waals surface area contributed by atoms with Gasteiger partial charge in [0, 0.05) is 16.8 Å².